The first-order valence-corrected chi connectivity index (χ1v) is 9.61. The highest BCUT2D eigenvalue weighted by atomic mass is 19.1. The molecule has 0 N–H and O–H groups in total. The van der Waals surface area contributed by atoms with Crippen LogP contribution in [0.5, 0.6) is 0 Å². The van der Waals surface area contributed by atoms with Crippen molar-refractivity contribution in [2.24, 2.45) is 0 Å². The molecule has 2 heterocycles. The van der Waals surface area contributed by atoms with Crippen molar-refractivity contribution in [3.8, 4) is 0 Å². The maximum atomic E-state index is 13.4. The Bertz CT molecular complexity index is 1110. The van der Waals surface area contributed by atoms with E-state index in [1.54, 1.807) is 30.9 Å². The molecule has 0 spiro atoms. The third kappa shape index (κ3) is 3.70. The minimum absolute atomic E-state index is 0.251. The summed E-state index contributed by atoms with van der Waals surface area (Å²) in [5, 5.41) is 0.632. The van der Waals surface area contributed by atoms with Crippen molar-refractivity contribution in [2.75, 3.05) is 11.4 Å². The van der Waals surface area contributed by atoms with Crippen LogP contribution in [0.1, 0.15) is 35.0 Å². The number of hydrogen-bond acceptors (Lipinski definition) is 4. The topological polar surface area (TPSA) is 59.5 Å². The molecule has 4 rings (SSSR count). The first-order valence-electron chi connectivity index (χ1n) is 9.61. The average Bonchev–Trinajstić information content (AvgIpc) is 2.72. The predicted octanol–water partition coefficient (Wildman–Crippen LogP) is 4.21. The van der Waals surface area contributed by atoms with Crippen LogP contribution in [0.4, 0.5) is 10.1 Å². The lowest BCUT2D eigenvalue weighted by molar-refractivity contribution is -0.126. The van der Waals surface area contributed by atoms with E-state index < -0.39 is 12.1 Å². The van der Waals surface area contributed by atoms with Gasteiger partial charge in [0.2, 0.25) is 0 Å². The van der Waals surface area contributed by atoms with E-state index in [4.69, 9.17) is 4.74 Å². The minimum Gasteiger partial charge on any atom is -0.449 e. The number of amides is 1. The van der Waals surface area contributed by atoms with Crippen LogP contribution in [0.3, 0.4) is 0 Å². The van der Waals surface area contributed by atoms with Gasteiger partial charge in [-0.05, 0) is 56.5 Å². The van der Waals surface area contributed by atoms with Crippen molar-refractivity contribution in [3.05, 3.63) is 71.2 Å². The molecule has 29 heavy (non-hydrogen) atoms. The van der Waals surface area contributed by atoms with Gasteiger partial charge in [-0.3, -0.25) is 9.78 Å². The van der Waals surface area contributed by atoms with E-state index in [0.29, 0.717) is 23.1 Å². The lowest BCUT2D eigenvalue weighted by Gasteiger charge is -2.31. The monoisotopic (exact) mass is 392 g/mol. The lowest BCUT2D eigenvalue weighted by Crippen LogP contribution is -2.42. The van der Waals surface area contributed by atoms with E-state index in [-0.39, 0.29) is 17.3 Å². The highest BCUT2D eigenvalue weighted by Gasteiger charge is 2.29. The van der Waals surface area contributed by atoms with Gasteiger partial charge in [-0.1, -0.05) is 18.2 Å². The zero-order valence-electron chi connectivity index (χ0n) is 16.3. The van der Waals surface area contributed by atoms with Crippen molar-refractivity contribution >= 4 is 28.5 Å². The van der Waals surface area contributed by atoms with E-state index in [1.807, 2.05) is 24.3 Å². The van der Waals surface area contributed by atoms with Crippen molar-refractivity contribution in [1.29, 1.82) is 0 Å². The number of para-hydroxylation sites is 1. The zero-order chi connectivity index (χ0) is 20.5. The molecule has 1 amide bonds. The van der Waals surface area contributed by atoms with E-state index in [2.05, 4.69) is 4.98 Å². The van der Waals surface area contributed by atoms with Crippen molar-refractivity contribution in [2.45, 2.75) is 32.8 Å². The van der Waals surface area contributed by atoms with E-state index in [1.165, 1.54) is 12.1 Å². The Morgan fingerprint density at radius 1 is 1.17 bits per heavy atom. The van der Waals surface area contributed by atoms with Crippen LogP contribution in [0.25, 0.3) is 10.9 Å². The van der Waals surface area contributed by atoms with Gasteiger partial charge < -0.3 is 9.64 Å². The molecule has 0 radical (unpaired) electrons. The number of fused-ring (bicyclic) bond motifs is 2. The number of esters is 1. The number of pyridine rings is 1. The van der Waals surface area contributed by atoms with Gasteiger partial charge in [0.05, 0.1) is 16.8 Å². The number of carbonyl (C=O) groups is 2. The van der Waals surface area contributed by atoms with Crippen molar-refractivity contribution in [1.82, 2.24) is 4.98 Å². The first kappa shape index (κ1) is 19.1. The largest absolute Gasteiger partial charge is 0.449 e. The minimum atomic E-state index is -0.933. The molecule has 0 saturated heterocycles. The highest BCUT2D eigenvalue weighted by molar-refractivity contribution is 6.01. The Labute approximate surface area is 168 Å². The summed E-state index contributed by atoms with van der Waals surface area (Å²) in [6.45, 7) is 3.84. The third-order valence-corrected chi connectivity index (χ3v) is 5.20. The Morgan fingerprint density at radius 2 is 1.97 bits per heavy atom. The standard InChI is InChI=1S/C23H21FN2O3/c1-14-19(12-17-9-10-18(24)13-20(17)25-14)23(28)29-15(2)22(27)26-11-5-7-16-6-3-4-8-21(16)26/h3-4,6,8-10,12-13,15H,5,7,11H2,1-2H3. The number of aryl methyl sites for hydroxylation is 2. The molecule has 1 aliphatic heterocycles. The summed E-state index contributed by atoms with van der Waals surface area (Å²) in [7, 11) is 0. The molecule has 1 unspecified atom stereocenters. The van der Waals surface area contributed by atoms with Crippen LogP contribution in [0, 0.1) is 12.7 Å². The number of anilines is 1. The maximum absolute atomic E-state index is 13.4. The van der Waals surface area contributed by atoms with Gasteiger partial charge in [0.15, 0.2) is 6.10 Å². The SMILES string of the molecule is Cc1nc2cc(F)ccc2cc1C(=O)OC(C)C(=O)N1CCCc2ccccc21. The number of rotatable bonds is 3. The smallest absolute Gasteiger partial charge is 0.340 e. The molecular formula is C23H21FN2O3. The third-order valence-electron chi connectivity index (χ3n) is 5.20. The molecule has 6 heteroatoms. The van der Waals surface area contributed by atoms with Crippen LogP contribution < -0.4 is 4.90 Å². The zero-order valence-corrected chi connectivity index (χ0v) is 16.3. The normalized spacial score (nSPS) is 14.4. The van der Waals surface area contributed by atoms with Crippen LogP contribution in [-0.4, -0.2) is 29.5 Å². The summed E-state index contributed by atoms with van der Waals surface area (Å²) < 4.78 is 18.9. The molecule has 148 valence electrons. The molecule has 0 aliphatic carbocycles. The molecule has 5 nitrogen and oxygen atoms in total. The summed E-state index contributed by atoms with van der Waals surface area (Å²) in [5.41, 5.74) is 3.15. The average molecular weight is 392 g/mol. The number of ether oxygens (including phenoxy) is 1. The van der Waals surface area contributed by atoms with Crippen LogP contribution >= 0.6 is 0 Å². The van der Waals surface area contributed by atoms with Crippen LogP contribution in [0.15, 0.2) is 48.5 Å². The summed E-state index contributed by atoms with van der Waals surface area (Å²) in [6, 6.07) is 13.6. The quantitative estimate of drug-likeness (QED) is 0.627. The fourth-order valence-electron chi connectivity index (χ4n) is 3.70. The number of nitrogens with zero attached hydrogens (tertiary/aromatic N) is 2. The molecular weight excluding hydrogens is 371 g/mol. The van der Waals surface area contributed by atoms with Gasteiger partial charge in [-0.2, -0.15) is 0 Å². The van der Waals surface area contributed by atoms with Crippen molar-refractivity contribution < 1.29 is 18.7 Å². The number of halogens is 1. The number of carbonyl (C=O) groups excluding carboxylic acids is 2. The molecule has 0 fully saturated rings. The van der Waals surface area contributed by atoms with Gasteiger partial charge in [0, 0.05) is 23.7 Å². The summed E-state index contributed by atoms with van der Waals surface area (Å²) >= 11 is 0. The number of benzene rings is 2. The van der Waals surface area contributed by atoms with Gasteiger partial charge in [-0.25, -0.2) is 9.18 Å². The first-order chi connectivity index (χ1) is 13.9. The Kier molecular flexibility index (Phi) is 5.01. The second kappa shape index (κ2) is 7.62. The van der Waals surface area contributed by atoms with Gasteiger partial charge in [-0.15, -0.1) is 0 Å². The number of aromatic nitrogens is 1. The molecule has 0 bridgehead atoms. The molecule has 1 aromatic heterocycles. The Morgan fingerprint density at radius 3 is 2.79 bits per heavy atom. The summed E-state index contributed by atoms with van der Waals surface area (Å²) in [6.07, 6.45) is 0.863. The Balaban J connectivity index is 1.54. The van der Waals surface area contributed by atoms with Crippen LogP contribution in [-0.2, 0) is 16.0 Å². The van der Waals surface area contributed by atoms with Gasteiger partial charge in [0.1, 0.15) is 5.82 Å². The fourth-order valence-corrected chi connectivity index (χ4v) is 3.70. The lowest BCUT2D eigenvalue weighted by atomic mass is 10.0. The van der Waals surface area contributed by atoms with E-state index in [0.717, 1.165) is 24.1 Å². The molecule has 3 aromatic rings. The highest BCUT2D eigenvalue weighted by Crippen LogP contribution is 2.28. The van der Waals surface area contributed by atoms with Gasteiger partial charge >= 0.3 is 5.97 Å². The molecule has 0 saturated carbocycles. The van der Waals surface area contributed by atoms with E-state index in [9.17, 15) is 14.0 Å². The number of hydrogen-bond donors (Lipinski definition) is 0. The molecule has 2 aromatic carbocycles. The van der Waals surface area contributed by atoms with Crippen molar-refractivity contribution in [3.63, 3.8) is 0 Å². The van der Waals surface area contributed by atoms with E-state index >= 15 is 0 Å². The molecule has 1 aliphatic rings. The maximum Gasteiger partial charge on any atom is 0.340 e. The summed E-state index contributed by atoms with van der Waals surface area (Å²) in [4.78, 5) is 31.6. The predicted molar refractivity (Wildman–Crippen MR) is 108 cm³/mol. The summed E-state index contributed by atoms with van der Waals surface area (Å²) in [5.74, 6) is -1.26. The Hall–Kier alpha value is -3.28. The van der Waals surface area contributed by atoms with Crippen LogP contribution in [0.2, 0.25) is 0 Å². The second-order valence-corrected chi connectivity index (χ2v) is 7.23. The molecule has 1 atom stereocenters. The second-order valence-electron chi connectivity index (χ2n) is 7.23. The fraction of sp³-hybridized carbons (Fsp3) is 0.261. The van der Waals surface area contributed by atoms with Gasteiger partial charge in [0.25, 0.3) is 5.91 Å².